The molecule has 2 heterocycles. The second-order valence-corrected chi connectivity index (χ2v) is 7.90. The average molecular weight is 360 g/mol. The van der Waals surface area contributed by atoms with Gasteiger partial charge in [-0.3, -0.25) is 29.0 Å². The molecule has 0 radical (unpaired) electrons. The van der Waals surface area contributed by atoms with Gasteiger partial charge in [-0.15, -0.1) is 0 Å². The molecule has 2 saturated carbocycles. The third kappa shape index (κ3) is 1.63. The van der Waals surface area contributed by atoms with Gasteiger partial charge < -0.3 is 10.2 Å². The average Bonchev–Trinajstić information content (AvgIpc) is 2.97. The van der Waals surface area contributed by atoms with Crippen LogP contribution in [0.3, 0.4) is 0 Å². The third-order valence-electron chi connectivity index (χ3n) is 7.17. The minimum atomic E-state index is -0.485. The summed E-state index contributed by atoms with van der Waals surface area (Å²) in [5.74, 6) is -3.51. The number of carbonyl (C=O) groups is 4. The molecule has 138 valence electrons. The third-order valence-corrected chi connectivity index (χ3v) is 7.17. The molecule has 8 heteroatoms. The number of amides is 4. The second kappa shape index (κ2) is 5.23. The van der Waals surface area contributed by atoms with E-state index in [1.807, 2.05) is 12.2 Å². The van der Waals surface area contributed by atoms with Crippen molar-refractivity contribution in [3.63, 3.8) is 0 Å². The zero-order valence-electron chi connectivity index (χ0n) is 14.0. The number of fused-ring (bicyclic) bond motifs is 1. The molecule has 6 aliphatic rings. The highest BCUT2D eigenvalue weighted by atomic mass is 16.3. The summed E-state index contributed by atoms with van der Waals surface area (Å²) in [7, 11) is 0. The summed E-state index contributed by atoms with van der Waals surface area (Å²) < 4.78 is 0. The molecule has 6 rings (SSSR count). The van der Waals surface area contributed by atoms with Gasteiger partial charge in [0.25, 0.3) is 0 Å². The minimum Gasteiger partial charge on any atom is -0.395 e. The van der Waals surface area contributed by atoms with Crippen molar-refractivity contribution in [3.05, 3.63) is 12.2 Å². The predicted molar refractivity (Wildman–Crippen MR) is 84.7 cm³/mol. The van der Waals surface area contributed by atoms with Gasteiger partial charge in [0.05, 0.1) is 50.0 Å². The molecule has 4 fully saturated rings. The van der Waals surface area contributed by atoms with Crippen LogP contribution in [0.25, 0.3) is 0 Å². The van der Waals surface area contributed by atoms with Crippen molar-refractivity contribution in [1.82, 2.24) is 9.80 Å². The van der Waals surface area contributed by atoms with Crippen molar-refractivity contribution < 1.29 is 29.4 Å². The lowest BCUT2D eigenvalue weighted by Gasteiger charge is -2.60. The lowest BCUT2D eigenvalue weighted by Crippen LogP contribution is -2.63. The molecule has 8 nitrogen and oxygen atoms in total. The van der Waals surface area contributed by atoms with E-state index < -0.39 is 23.7 Å². The van der Waals surface area contributed by atoms with Crippen molar-refractivity contribution in [3.8, 4) is 0 Å². The smallest absolute Gasteiger partial charge is 0.233 e. The summed E-state index contributed by atoms with van der Waals surface area (Å²) in [5.41, 5.74) is 0. The summed E-state index contributed by atoms with van der Waals surface area (Å²) in [5, 5.41) is 18.3. The molecule has 0 spiro atoms. The molecule has 4 aliphatic carbocycles. The zero-order valence-corrected chi connectivity index (χ0v) is 14.0. The van der Waals surface area contributed by atoms with Gasteiger partial charge >= 0.3 is 0 Å². The molecule has 2 bridgehead atoms. The number of nitrogens with zero attached hydrogens (tertiary/aromatic N) is 2. The molecule has 0 unspecified atom stereocenters. The van der Waals surface area contributed by atoms with Crippen LogP contribution in [0, 0.1) is 47.3 Å². The maximum Gasteiger partial charge on any atom is 0.233 e. The monoisotopic (exact) mass is 360 g/mol. The van der Waals surface area contributed by atoms with Gasteiger partial charge in [0.1, 0.15) is 0 Å². The molecular formula is C18H20N2O6. The first-order valence-electron chi connectivity index (χ1n) is 9.13. The molecule has 0 aromatic carbocycles. The number of allylic oxidation sites excluding steroid dienone is 2. The highest BCUT2D eigenvalue weighted by Gasteiger charge is 2.74. The highest BCUT2D eigenvalue weighted by Crippen LogP contribution is 2.68. The number of aliphatic hydroxyl groups is 2. The zero-order chi connectivity index (χ0) is 18.3. The lowest BCUT2D eigenvalue weighted by atomic mass is 9.40. The Balaban J connectivity index is 1.51. The van der Waals surface area contributed by atoms with Crippen molar-refractivity contribution in [2.45, 2.75) is 0 Å². The van der Waals surface area contributed by atoms with Gasteiger partial charge in [-0.1, -0.05) is 12.2 Å². The first-order valence-corrected chi connectivity index (χ1v) is 9.13. The first kappa shape index (κ1) is 16.1. The molecule has 0 aromatic heterocycles. The molecule has 8 atom stereocenters. The van der Waals surface area contributed by atoms with E-state index in [2.05, 4.69) is 0 Å². The first-order chi connectivity index (χ1) is 12.5. The van der Waals surface area contributed by atoms with Crippen LogP contribution in [-0.2, 0) is 19.2 Å². The number of imide groups is 2. The Morgan fingerprint density at radius 3 is 1.35 bits per heavy atom. The van der Waals surface area contributed by atoms with Gasteiger partial charge in [-0.05, 0) is 23.7 Å². The molecule has 0 aromatic rings. The van der Waals surface area contributed by atoms with Crippen molar-refractivity contribution in [1.29, 1.82) is 0 Å². The quantitative estimate of drug-likeness (QED) is 0.453. The lowest BCUT2D eigenvalue weighted by molar-refractivity contribution is -0.166. The van der Waals surface area contributed by atoms with E-state index in [-0.39, 0.29) is 73.6 Å². The Hall–Kier alpha value is -2.06. The van der Waals surface area contributed by atoms with Crippen LogP contribution in [0.15, 0.2) is 12.2 Å². The van der Waals surface area contributed by atoms with Crippen LogP contribution < -0.4 is 0 Å². The van der Waals surface area contributed by atoms with Crippen molar-refractivity contribution in [2.75, 3.05) is 26.3 Å². The summed E-state index contributed by atoms with van der Waals surface area (Å²) in [6.45, 7) is -0.545. The molecule has 2 aliphatic heterocycles. The van der Waals surface area contributed by atoms with E-state index in [9.17, 15) is 19.2 Å². The van der Waals surface area contributed by atoms with Gasteiger partial charge in [-0.25, -0.2) is 0 Å². The Morgan fingerprint density at radius 2 is 1.00 bits per heavy atom. The van der Waals surface area contributed by atoms with Gasteiger partial charge in [0, 0.05) is 0 Å². The fraction of sp³-hybridized carbons (Fsp3) is 0.667. The number of rotatable bonds is 4. The van der Waals surface area contributed by atoms with Crippen LogP contribution in [0.4, 0.5) is 0 Å². The maximum absolute atomic E-state index is 12.8. The van der Waals surface area contributed by atoms with Crippen LogP contribution in [0.1, 0.15) is 0 Å². The van der Waals surface area contributed by atoms with E-state index in [0.717, 1.165) is 9.80 Å². The standard InChI is InChI=1S/C18H20N2O6/c21-5-3-19-15(23)11-7-1-2-8(12(11)16(19)24)10-9(7)13-14(10)18(26)20(4-6-22)17(13)25/h1-2,7-14,21-22H,3-6H2/t7-,8+,9-,10-,11-,12-,13-,14-/m1/s1. The molecular weight excluding hydrogens is 340 g/mol. The van der Waals surface area contributed by atoms with Crippen LogP contribution in [0.2, 0.25) is 0 Å². The Bertz CT molecular complexity index is 707. The predicted octanol–water partition coefficient (Wildman–Crippen LogP) is -1.76. The van der Waals surface area contributed by atoms with E-state index in [0.29, 0.717) is 0 Å². The van der Waals surface area contributed by atoms with E-state index in [1.54, 1.807) is 0 Å². The van der Waals surface area contributed by atoms with E-state index in [4.69, 9.17) is 10.2 Å². The van der Waals surface area contributed by atoms with Crippen molar-refractivity contribution in [2.24, 2.45) is 47.3 Å². The number of likely N-dealkylation sites (tertiary alicyclic amines) is 2. The Kier molecular flexibility index (Phi) is 3.25. The largest absolute Gasteiger partial charge is 0.395 e. The van der Waals surface area contributed by atoms with Crippen LogP contribution in [-0.4, -0.2) is 69.9 Å². The molecule has 2 N–H and O–H groups in total. The number of carbonyl (C=O) groups excluding carboxylic acids is 4. The second-order valence-electron chi connectivity index (χ2n) is 7.90. The number of β-amino-alcohol motifs (C(OH)–C–C–N with tert-alkyl or cyclic N) is 2. The summed E-state index contributed by atoms with van der Waals surface area (Å²) in [6, 6.07) is 0. The summed E-state index contributed by atoms with van der Waals surface area (Å²) >= 11 is 0. The van der Waals surface area contributed by atoms with E-state index >= 15 is 0 Å². The summed E-state index contributed by atoms with van der Waals surface area (Å²) in [6.07, 6.45) is 3.90. The fourth-order valence-corrected chi connectivity index (χ4v) is 6.37. The Labute approximate surface area is 149 Å². The number of aliphatic hydroxyl groups excluding tert-OH is 2. The number of hydrogen-bond donors (Lipinski definition) is 2. The van der Waals surface area contributed by atoms with Crippen molar-refractivity contribution >= 4 is 23.6 Å². The number of hydrogen-bond acceptors (Lipinski definition) is 6. The topological polar surface area (TPSA) is 115 Å². The normalized spacial score (nSPS) is 45.2. The SMILES string of the molecule is O=C1[C@@H]2[C@H]3C=C[C@@H]([C@H]2C(=O)N1CCO)[C@H]1[C@H]2C(=O)N(CCO)C(=O)[C@@H]2[C@H]31. The van der Waals surface area contributed by atoms with E-state index in [1.165, 1.54) is 0 Å². The van der Waals surface area contributed by atoms with Crippen LogP contribution in [0.5, 0.6) is 0 Å². The van der Waals surface area contributed by atoms with Crippen LogP contribution >= 0.6 is 0 Å². The maximum atomic E-state index is 12.8. The highest BCUT2D eigenvalue weighted by molar-refractivity contribution is 6.09. The molecule has 2 saturated heterocycles. The van der Waals surface area contributed by atoms with Gasteiger partial charge in [0.2, 0.25) is 23.6 Å². The van der Waals surface area contributed by atoms with Gasteiger partial charge in [-0.2, -0.15) is 0 Å². The molecule has 4 amide bonds. The van der Waals surface area contributed by atoms with Gasteiger partial charge in [0.15, 0.2) is 0 Å². The summed E-state index contributed by atoms with van der Waals surface area (Å²) in [4.78, 5) is 53.2. The minimum absolute atomic E-state index is 0.00185. The fourth-order valence-electron chi connectivity index (χ4n) is 6.37. The molecule has 26 heavy (non-hydrogen) atoms. The Morgan fingerprint density at radius 1 is 0.654 bits per heavy atom.